The molecule has 2 aliphatic carbocycles. The average molecular weight is 349 g/mol. The Morgan fingerprint density at radius 3 is 2.96 bits per heavy atom. The number of pyridine rings is 1. The Balaban J connectivity index is 1.21. The second-order valence-electron chi connectivity index (χ2n) is 7.47. The van der Waals surface area contributed by atoms with Gasteiger partial charge in [0.25, 0.3) is 5.91 Å². The first-order valence-electron chi connectivity index (χ1n) is 9.46. The summed E-state index contributed by atoms with van der Waals surface area (Å²) in [6.45, 7) is 3.92. The Bertz CT molecular complexity index is 832. The van der Waals surface area contributed by atoms with E-state index in [0.29, 0.717) is 23.4 Å². The summed E-state index contributed by atoms with van der Waals surface area (Å²) in [5.74, 6) is 1.86. The minimum absolute atomic E-state index is 0.0710. The minimum Gasteiger partial charge on any atom is -0.378 e. The molecule has 3 aliphatic rings. The van der Waals surface area contributed by atoms with Crippen molar-refractivity contribution in [3.63, 3.8) is 0 Å². The van der Waals surface area contributed by atoms with Crippen LogP contribution in [0.3, 0.4) is 0 Å². The molecule has 26 heavy (non-hydrogen) atoms. The summed E-state index contributed by atoms with van der Waals surface area (Å²) < 4.78 is 5.40. The maximum absolute atomic E-state index is 12.6. The molecule has 0 bridgehead atoms. The van der Waals surface area contributed by atoms with E-state index in [0.717, 1.165) is 45.0 Å². The van der Waals surface area contributed by atoms with Crippen LogP contribution in [0.1, 0.15) is 27.5 Å². The number of carbonyl (C=O) groups excluding carboxylic acids is 1. The summed E-state index contributed by atoms with van der Waals surface area (Å²) in [6, 6.07) is 12.6. The Kier molecular flexibility index (Phi) is 3.89. The van der Waals surface area contributed by atoms with Gasteiger partial charge < -0.3 is 15.0 Å². The van der Waals surface area contributed by atoms with E-state index in [-0.39, 0.29) is 5.91 Å². The molecular weight excluding hydrogens is 326 g/mol. The zero-order chi connectivity index (χ0) is 17.5. The number of rotatable bonds is 4. The standard InChI is InChI=1S/C21H23N3O2/c25-21(19-12-15(5-6-22-19)24-7-9-26-10-8-24)23-13-18-17-11-14-3-1-2-4-16(14)20(17)18/h1-6,12,17-18,20H,7-11,13H2,(H,23,25)/t17-,18-,20-/m1/s1. The number of hydrogen-bond donors (Lipinski definition) is 1. The molecule has 1 aliphatic heterocycles. The van der Waals surface area contributed by atoms with Gasteiger partial charge in [-0.15, -0.1) is 0 Å². The number of morpholine rings is 1. The molecule has 2 fully saturated rings. The highest BCUT2D eigenvalue weighted by atomic mass is 16.5. The van der Waals surface area contributed by atoms with Crippen LogP contribution in [0.5, 0.6) is 0 Å². The van der Waals surface area contributed by atoms with Gasteiger partial charge >= 0.3 is 0 Å². The van der Waals surface area contributed by atoms with Crippen molar-refractivity contribution in [3.8, 4) is 0 Å². The third-order valence-corrected chi connectivity index (χ3v) is 6.05. The van der Waals surface area contributed by atoms with E-state index in [4.69, 9.17) is 4.74 Å². The maximum Gasteiger partial charge on any atom is 0.269 e. The van der Waals surface area contributed by atoms with Crippen molar-refractivity contribution in [3.05, 3.63) is 59.4 Å². The number of anilines is 1. The fourth-order valence-corrected chi connectivity index (χ4v) is 4.63. The Morgan fingerprint density at radius 2 is 2.08 bits per heavy atom. The molecule has 1 saturated heterocycles. The zero-order valence-electron chi connectivity index (χ0n) is 14.7. The highest BCUT2D eigenvalue weighted by molar-refractivity contribution is 5.93. The van der Waals surface area contributed by atoms with Gasteiger partial charge in [-0.05, 0) is 47.4 Å². The Morgan fingerprint density at radius 1 is 1.23 bits per heavy atom. The van der Waals surface area contributed by atoms with Crippen molar-refractivity contribution in [2.24, 2.45) is 11.8 Å². The van der Waals surface area contributed by atoms with Gasteiger partial charge in [0.15, 0.2) is 0 Å². The molecule has 1 aromatic heterocycles. The first kappa shape index (κ1) is 15.8. The lowest BCUT2D eigenvalue weighted by Crippen LogP contribution is -2.36. The summed E-state index contributed by atoms with van der Waals surface area (Å²) in [5.41, 5.74) is 4.53. The van der Waals surface area contributed by atoms with E-state index in [9.17, 15) is 4.79 Å². The number of hydrogen-bond acceptors (Lipinski definition) is 4. The number of amides is 1. The molecule has 2 heterocycles. The molecule has 2 aromatic rings. The minimum atomic E-state index is -0.0710. The lowest BCUT2D eigenvalue weighted by atomic mass is 10.0. The molecule has 3 atom stereocenters. The van der Waals surface area contributed by atoms with Crippen LogP contribution in [0.2, 0.25) is 0 Å². The summed E-state index contributed by atoms with van der Waals surface area (Å²) in [7, 11) is 0. The molecule has 1 N–H and O–H groups in total. The van der Waals surface area contributed by atoms with Gasteiger partial charge in [-0.2, -0.15) is 0 Å². The van der Waals surface area contributed by atoms with Gasteiger partial charge in [0.1, 0.15) is 5.69 Å². The van der Waals surface area contributed by atoms with E-state index < -0.39 is 0 Å². The van der Waals surface area contributed by atoms with Crippen molar-refractivity contribution < 1.29 is 9.53 Å². The number of benzene rings is 1. The van der Waals surface area contributed by atoms with E-state index in [1.54, 1.807) is 6.20 Å². The smallest absolute Gasteiger partial charge is 0.269 e. The van der Waals surface area contributed by atoms with Gasteiger partial charge in [-0.3, -0.25) is 9.78 Å². The summed E-state index contributed by atoms with van der Waals surface area (Å²) >= 11 is 0. The van der Waals surface area contributed by atoms with Crippen LogP contribution in [0.4, 0.5) is 5.69 Å². The van der Waals surface area contributed by atoms with Crippen LogP contribution in [0.15, 0.2) is 42.6 Å². The fraction of sp³-hybridized carbons (Fsp3) is 0.429. The van der Waals surface area contributed by atoms with Gasteiger partial charge in [0.05, 0.1) is 13.2 Å². The first-order chi connectivity index (χ1) is 12.8. The Hall–Kier alpha value is -2.40. The van der Waals surface area contributed by atoms with Gasteiger partial charge in [0, 0.05) is 31.5 Å². The lowest BCUT2D eigenvalue weighted by Gasteiger charge is -2.28. The maximum atomic E-state index is 12.6. The molecule has 0 spiro atoms. The summed E-state index contributed by atoms with van der Waals surface area (Å²) in [5, 5.41) is 3.11. The van der Waals surface area contributed by atoms with E-state index in [2.05, 4.69) is 39.5 Å². The second-order valence-corrected chi connectivity index (χ2v) is 7.47. The quantitative estimate of drug-likeness (QED) is 0.920. The molecule has 5 nitrogen and oxygen atoms in total. The normalized spacial score (nSPS) is 26.2. The Labute approximate surface area is 153 Å². The molecule has 1 aromatic carbocycles. The molecule has 134 valence electrons. The predicted molar refractivity (Wildman–Crippen MR) is 99.5 cm³/mol. The first-order valence-corrected chi connectivity index (χ1v) is 9.46. The topological polar surface area (TPSA) is 54.5 Å². The molecule has 1 saturated carbocycles. The van der Waals surface area contributed by atoms with E-state index in [1.807, 2.05) is 12.1 Å². The fourth-order valence-electron chi connectivity index (χ4n) is 4.63. The van der Waals surface area contributed by atoms with Crippen molar-refractivity contribution in [1.29, 1.82) is 0 Å². The highest BCUT2D eigenvalue weighted by Crippen LogP contribution is 2.60. The SMILES string of the molecule is O=C(NC[C@@H]1[C@H]2Cc3ccccc3[C@@H]12)c1cc(N2CCOCC2)ccn1. The number of ether oxygens (including phenoxy) is 1. The van der Waals surface area contributed by atoms with E-state index >= 15 is 0 Å². The van der Waals surface area contributed by atoms with E-state index in [1.165, 1.54) is 11.1 Å². The number of fused-ring (bicyclic) bond motifs is 3. The number of carbonyl (C=O) groups is 1. The van der Waals surface area contributed by atoms with Crippen LogP contribution < -0.4 is 10.2 Å². The van der Waals surface area contributed by atoms with Crippen molar-refractivity contribution in [2.75, 3.05) is 37.7 Å². The van der Waals surface area contributed by atoms with Crippen LogP contribution in [-0.2, 0) is 11.2 Å². The number of aromatic nitrogens is 1. The summed E-state index contributed by atoms with van der Waals surface area (Å²) in [4.78, 5) is 19.1. The van der Waals surface area contributed by atoms with Gasteiger partial charge in [0.2, 0.25) is 0 Å². The monoisotopic (exact) mass is 349 g/mol. The van der Waals surface area contributed by atoms with Crippen LogP contribution in [0.25, 0.3) is 0 Å². The largest absolute Gasteiger partial charge is 0.378 e. The van der Waals surface area contributed by atoms with Gasteiger partial charge in [-0.25, -0.2) is 0 Å². The predicted octanol–water partition coefficient (Wildman–Crippen LogP) is 2.23. The van der Waals surface area contributed by atoms with Crippen LogP contribution >= 0.6 is 0 Å². The lowest BCUT2D eigenvalue weighted by molar-refractivity contribution is 0.0946. The summed E-state index contributed by atoms with van der Waals surface area (Å²) in [6.07, 6.45) is 2.88. The molecule has 0 unspecified atom stereocenters. The van der Waals surface area contributed by atoms with Crippen molar-refractivity contribution in [1.82, 2.24) is 10.3 Å². The highest BCUT2D eigenvalue weighted by Gasteiger charge is 2.55. The van der Waals surface area contributed by atoms with Crippen molar-refractivity contribution in [2.45, 2.75) is 12.3 Å². The third-order valence-electron chi connectivity index (χ3n) is 6.05. The van der Waals surface area contributed by atoms with Crippen LogP contribution in [-0.4, -0.2) is 43.7 Å². The number of nitrogens with one attached hydrogen (secondary N) is 1. The van der Waals surface area contributed by atoms with Crippen LogP contribution in [0, 0.1) is 11.8 Å². The second kappa shape index (κ2) is 6.40. The molecular formula is C21H23N3O2. The van der Waals surface area contributed by atoms with Gasteiger partial charge in [-0.1, -0.05) is 24.3 Å². The molecule has 0 radical (unpaired) electrons. The third kappa shape index (κ3) is 2.76. The molecule has 5 rings (SSSR count). The molecule has 5 heteroatoms. The number of nitrogens with zero attached hydrogens (tertiary/aromatic N) is 2. The molecule has 1 amide bonds. The van der Waals surface area contributed by atoms with Crippen molar-refractivity contribution >= 4 is 11.6 Å². The zero-order valence-corrected chi connectivity index (χ0v) is 14.7. The average Bonchev–Trinajstić information content (AvgIpc) is 3.24.